The van der Waals surface area contributed by atoms with Crippen molar-refractivity contribution in [3.63, 3.8) is 0 Å². The van der Waals surface area contributed by atoms with Crippen LogP contribution < -0.4 is 0 Å². The van der Waals surface area contributed by atoms with E-state index >= 15 is 0 Å². The van der Waals surface area contributed by atoms with Gasteiger partial charge in [0.05, 0.1) is 0 Å². The van der Waals surface area contributed by atoms with Gasteiger partial charge in [-0.2, -0.15) is 0 Å². The average Bonchev–Trinajstić information content (AvgIpc) is 2.80. The van der Waals surface area contributed by atoms with Crippen LogP contribution in [0.4, 0.5) is 0 Å². The van der Waals surface area contributed by atoms with Gasteiger partial charge in [-0.1, -0.05) is 161 Å². The Morgan fingerprint density at radius 1 is 0.643 bits per heavy atom. The normalized spacial score (nSPS) is 11.6. The Balaban J connectivity index is -0.000000748. The van der Waals surface area contributed by atoms with Crippen LogP contribution in [0, 0.1) is 44.9 Å². The minimum absolute atomic E-state index is 0. The van der Waals surface area contributed by atoms with Gasteiger partial charge in [0.25, 0.3) is 0 Å². The van der Waals surface area contributed by atoms with Crippen molar-refractivity contribution < 1.29 is 0 Å². The smallest absolute Gasteiger partial charge is 0.0215 e. The van der Waals surface area contributed by atoms with E-state index < -0.39 is 0 Å². The third kappa shape index (κ3) is 17.4. The summed E-state index contributed by atoms with van der Waals surface area (Å²) in [6.45, 7) is 36.5. The Labute approximate surface area is 265 Å². The lowest BCUT2D eigenvalue weighted by atomic mass is 9.71. The van der Waals surface area contributed by atoms with Crippen LogP contribution in [0.5, 0.6) is 0 Å². The van der Waals surface area contributed by atoms with Crippen LogP contribution in [-0.4, -0.2) is 0 Å². The zero-order chi connectivity index (χ0) is 31.3. The molecular formula is C42H70. The molecule has 238 valence electrons. The minimum Gasteiger partial charge on any atom is -0.100 e. The molecule has 0 fully saturated rings. The van der Waals surface area contributed by atoms with Gasteiger partial charge in [-0.05, 0) is 93.0 Å². The first-order valence-electron chi connectivity index (χ1n) is 15.1. The molecule has 0 bridgehead atoms. The molecule has 3 aromatic carbocycles. The van der Waals surface area contributed by atoms with Crippen molar-refractivity contribution in [3.8, 4) is 0 Å². The van der Waals surface area contributed by atoms with Gasteiger partial charge in [0.1, 0.15) is 0 Å². The SMILES string of the molecule is C.C.C=C(C)C.CC(C)C.CC(C)C(C)(C)C.Cc1cc(C)cc(C(C)(Cc2ccccc2)c2ccc(C)c(C)c2)c1. The Morgan fingerprint density at radius 3 is 1.40 bits per heavy atom. The fraction of sp³-hybridized carbons (Fsp3) is 0.524. The van der Waals surface area contributed by atoms with Gasteiger partial charge in [-0.25, -0.2) is 0 Å². The fourth-order valence-electron chi connectivity index (χ4n) is 3.75. The Kier molecular flexibility index (Phi) is 21.2. The Hall–Kier alpha value is -2.60. The van der Waals surface area contributed by atoms with Gasteiger partial charge in [-0.3, -0.25) is 0 Å². The summed E-state index contributed by atoms with van der Waals surface area (Å²) in [6.07, 6.45) is 0.999. The molecule has 1 atom stereocenters. The molecule has 0 aliphatic heterocycles. The second kappa shape index (κ2) is 20.3. The largest absolute Gasteiger partial charge is 0.100 e. The number of hydrogen-bond donors (Lipinski definition) is 0. The highest BCUT2D eigenvalue weighted by atomic mass is 14.3. The van der Waals surface area contributed by atoms with E-state index in [0.717, 1.165) is 18.3 Å². The van der Waals surface area contributed by atoms with Crippen LogP contribution in [0.1, 0.15) is 130 Å². The molecule has 0 saturated heterocycles. The lowest BCUT2D eigenvalue weighted by molar-refractivity contribution is 0.283. The number of benzene rings is 3. The van der Waals surface area contributed by atoms with Gasteiger partial charge < -0.3 is 0 Å². The van der Waals surface area contributed by atoms with Crippen molar-refractivity contribution in [1.29, 1.82) is 0 Å². The molecule has 1 unspecified atom stereocenters. The minimum atomic E-state index is -0.0450. The fourth-order valence-corrected chi connectivity index (χ4v) is 3.75. The predicted octanol–water partition coefficient (Wildman–Crippen LogP) is 13.7. The van der Waals surface area contributed by atoms with Gasteiger partial charge in [0, 0.05) is 5.41 Å². The number of hydrogen-bond acceptors (Lipinski definition) is 0. The molecule has 0 nitrogen and oxygen atoms in total. The second-order valence-electron chi connectivity index (χ2n) is 14.1. The van der Waals surface area contributed by atoms with E-state index in [1.54, 1.807) is 0 Å². The predicted molar refractivity (Wildman–Crippen MR) is 197 cm³/mol. The van der Waals surface area contributed by atoms with E-state index in [2.05, 4.69) is 163 Å². The molecule has 3 aromatic rings. The summed E-state index contributed by atoms with van der Waals surface area (Å²) < 4.78 is 0. The van der Waals surface area contributed by atoms with E-state index in [1.165, 1.54) is 44.5 Å². The van der Waals surface area contributed by atoms with Gasteiger partial charge in [0.2, 0.25) is 0 Å². The molecule has 3 rings (SSSR count). The van der Waals surface area contributed by atoms with Gasteiger partial charge in [0.15, 0.2) is 0 Å². The molecule has 0 heterocycles. The highest BCUT2D eigenvalue weighted by molar-refractivity contribution is 5.46. The molecule has 0 amide bonds. The first-order valence-corrected chi connectivity index (χ1v) is 15.1. The summed E-state index contributed by atoms with van der Waals surface area (Å²) in [5.74, 6) is 1.63. The summed E-state index contributed by atoms with van der Waals surface area (Å²) in [6, 6.07) is 24.7. The highest BCUT2D eigenvalue weighted by Gasteiger charge is 2.30. The number of rotatable bonds is 4. The standard InChI is InChI=1S/C25H28.C7H16.C4H10.C4H8.2CH4/c1-18-13-19(2)15-24(14-18)25(5,17-22-9-7-6-8-10-22)23-12-11-20(3)21(4)16-23;1-6(2)7(3,4)5;2*1-4(2)3;;/h6-16H,17H2,1-5H3;6H,1-5H3;4H,1-3H3;1H2,2-3H3;2*1H4. The maximum Gasteiger partial charge on any atom is 0.0215 e. The number of aryl methyl sites for hydroxylation is 4. The van der Waals surface area contributed by atoms with Crippen molar-refractivity contribution in [2.75, 3.05) is 0 Å². The Morgan fingerprint density at radius 2 is 1.05 bits per heavy atom. The van der Waals surface area contributed by atoms with Crippen LogP contribution in [0.15, 0.2) is 78.9 Å². The van der Waals surface area contributed by atoms with Crippen molar-refractivity contribution in [3.05, 3.63) is 118 Å². The number of allylic oxidation sites excluding steroid dienone is 1. The van der Waals surface area contributed by atoms with Crippen molar-refractivity contribution >= 4 is 0 Å². The van der Waals surface area contributed by atoms with Crippen LogP contribution >= 0.6 is 0 Å². The first kappa shape index (κ1) is 43.8. The van der Waals surface area contributed by atoms with Crippen LogP contribution in [0.25, 0.3) is 0 Å². The van der Waals surface area contributed by atoms with E-state index in [-0.39, 0.29) is 20.3 Å². The van der Waals surface area contributed by atoms with Crippen LogP contribution in [0.2, 0.25) is 0 Å². The van der Waals surface area contributed by atoms with E-state index in [1.807, 2.05) is 13.8 Å². The molecule has 42 heavy (non-hydrogen) atoms. The van der Waals surface area contributed by atoms with Gasteiger partial charge >= 0.3 is 0 Å². The lowest BCUT2D eigenvalue weighted by Crippen LogP contribution is -2.27. The van der Waals surface area contributed by atoms with E-state index in [9.17, 15) is 0 Å². The lowest BCUT2D eigenvalue weighted by Gasteiger charge is -2.32. The molecule has 0 radical (unpaired) electrons. The summed E-state index contributed by atoms with van der Waals surface area (Å²) in [5.41, 5.74) is 11.2. The molecule has 0 heteroatoms. The molecule has 0 aromatic heterocycles. The Bertz CT molecular complexity index is 1110. The third-order valence-electron chi connectivity index (χ3n) is 7.14. The summed E-state index contributed by atoms with van der Waals surface area (Å²) >= 11 is 0. The van der Waals surface area contributed by atoms with Crippen molar-refractivity contribution in [1.82, 2.24) is 0 Å². The quantitative estimate of drug-likeness (QED) is 0.272. The average molecular weight is 575 g/mol. The molecular weight excluding hydrogens is 504 g/mol. The summed E-state index contributed by atoms with van der Waals surface area (Å²) in [5, 5.41) is 0. The van der Waals surface area contributed by atoms with Crippen LogP contribution in [0.3, 0.4) is 0 Å². The zero-order valence-electron chi connectivity index (χ0n) is 28.9. The second-order valence-corrected chi connectivity index (χ2v) is 14.1. The van der Waals surface area contributed by atoms with Crippen molar-refractivity contribution in [2.24, 2.45) is 17.3 Å². The highest BCUT2D eigenvalue weighted by Crippen LogP contribution is 2.37. The third-order valence-corrected chi connectivity index (χ3v) is 7.14. The molecule has 0 spiro atoms. The van der Waals surface area contributed by atoms with E-state index in [4.69, 9.17) is 0 Å². The van der Waals surface area contributed by atoms with Gasteiger partial charge in [-0.15, -0.1) is 6.58 Å². The molecule has 0 aliphatic rings. The van der Waals surface area contributed by atoms with Crippen molar-refractivity contribution in [2.45, 2.75) is 131 Å². The van der Waals surface area contributed by atoms with Crippen LogP contribution in [-0.2, 0) is 11.8 Å². The molecule has 0 N–H and O–H groups in total. The monoisotopic (exact) mass is 575 g/mol. The molecule has 0 saturated carbocycles. The first-order chi connectivity index (χ1) is 18.3. The maximum absolute atomic E-state index is 3.56. The summed E-state index contributed by atoms with van der Waals surface area (Å²) in [7, 11) is 0. The topological polar surface area (TPSA) is 0 Å². The molecule has 0 aliphatic carbocycles. The maximum atomic E-state index is 3.56. The van der Waals surface area contributed by atoms with E-state index in [0.29, 0.717) is 5.41 Å². The summed E-state index contributed by atoms with van der Waals surface area (Å²) in [4.78, 5) is 0. The zero-order valence-corrected chi connectivity index (χ0v) is 28.9.